The van der Waals surface area contributed by atoms with E-state index in [-0.39, 0.29) is 30.5 Å². The number of benzene rings is 1. The van der Waals surface area contributed by atoms with E-state index < -0.39 is 5.97 Å². The van der Waals surface area contributed by atoms with Crippen LogP contribution < -0.4 is 10.6 Å². The van der Waals surface area contributed by atoms with Crippen molar-refractivity contribution < 1.29 is 23.9 Å². The maximum Gasteiger partial charge on any atom is 0.371 e. The zero-order chi connectivity index (χ0) is 16.8. The summed E-state index contributed by atoms with van der Waals surface area (Å²) in [4.78, 5) is 33.4. The van der Waals surface area contributed by atoms with Crippen molar-refractivity contribution in [3.8, 4) is 0 Å². The highest BCUT2D eigenvalue weighted by atomic mass is 16.4. The average molecular weight is 316 g/mol. The molecule has 1 aromatic carbocycles. The molecule has 1 aromatic heterocycles. The number of anilines is 1. The molecule has 0 bridgehead atoms. The standard InChI is InChI=1S/C16H16N2O5/c1-10(19)18-12-4-2-11(3-5-12)8-15(20)17-9-13-6-7-14(23-13)16(21)22/h2-7H,8-9H2,1H3,(H,17,20)(H,18,19)(H,21,22). The van der Waals surface area contributed by atoms with Gasteiger partial charge in [0, 0.05) is 12.6 Å². The van der Waals surface area contributed by atoms with Crippen LogP contribution in [0.4, 0.5) is 5.69 Å². The van der Waals surface area contributed by atoms with E-state index >= 15 is 0 Å². The van der Waals surface area contributed by atoms with Gasteiger partial charge >= 0.3 is 5.97 Å². The number of carboxylic acid groups (broad SMARTS) is 1. The minimum atomic E-state index is -1.15. The number of aromatic carboxylic acids is 1. The summed E-state index contributed by atoms with van der Waals surface area (Å²) in [5.41, 5.74) is 1.46. The first-order valence-electron chi connectivity index (χ1n) is 6.89. The first kappa shape index (κ1) is 16.3. The quantitative estimate of drug-likeness (QED) is 0.753. The molecule has 3 N–H and O–H groups in total. The van der Waals surface area contributed by atoms with E-state index in [1.807, 2.05) is 0 Å². The minimum Gasteiger partial charge on any atom is -0.475 e. The van der Waals surface area contributed by atoms with E-state index in [9.17, 15) is 14.4 Å². The second kappa shape index (κ2) is 7.26. The Kier molecular flexibility index (Phi) is 5.14. The molecule has 0 saturated carbocycles. The number of carboxylic acids is 1. The average Bonchev–Trinajstić information content (AvgIpc) is 2.96. The topological polar surface area (TPSA) is 109 Å². The van der Waals surface area contributed by atoms with Crippen molar-refractivity contribution in [2.75, 3.05) is 5.32 Å². The molecule has 0 aliphatic carbocycles. The van der Waals surface area contributed by atoms with Gasteiger partial charge in [-0.1, -0.05) is 12.1 Å². The Morgan fingerprint density at radius 1 is 1.09 bits per heavy atom. The van der Waals surface area contributed by atoms with Crippen molar-refractivity contribution in [2.45, 2.75) is 19.9 Å². The molecule has 0 spiro atoms. The maximum absolute atomic E-state index is 11.9. The van der Waals surface area contributed by atoms with Gasteiger partial charge in [-0.15, -0.1) is 0 Å². The van der Waals surface area contributed by atoms with Gasteiger partial charge in [0.2, 0.25) is 17.6 Å². The summed E-state index contributed by atoms with van der Waals surface area (Å²) in [7, 11) is 0. The summed E-state index contributed by atoms with van der Waals surface area (Å²) in [5.74, 6) is -1.32. The molecule has 2 rings (SSSR count). The number of hydrogen-bond acceptors (Lipinski definition) is 4. The molecule has 0 fully saturated rings. The zero-order valence-corrected chi connectivity index (χ0v) is 12.5. The predicted molar refractivity (Wildman–Crippen MR) is 82.0 cm³/mol. The zero-order valence-electron chi connectivity index (χ0n) is 12.5. The fourth-order valence-electron chi connectivity index (χ4n) is 1.93. The van der Waals surface area contributed by atoms with Gasteiger partial charge in [-0.25, -0.2) is 4.79 Å². The van der Waals surface area contributed by atoms with Crippen molar-refractivity contribution in [1.82, 2.24) is 5.32 Å². The summed E-state index contributed by atoms with van der Waals surface area (Å²) < 4.78 is 5.04. The number of carbonyl (C=O) groups excluding carboxylic acids is 2. The Hall–Kier alpha value is -3.09. The van der Waals surface area contributed by atoms with Gasteiger partial charge in [0.15, 0.2) is 0 Å². The number of furan rings is 1. The highest BCUT2D eigenvalue weighted by Crippen LogP contribution is 2.11. The molecule has 1 heterocycles. The lowest BCUT2D eigenvalue weighted by Crippen LogP contribution is -2.24. The molecule has 23 heavy (non-hydrogen) atoms. The largest absolute Gasteiger partial charge is 0.475 e. The number of hydrogen-bond donors (Lipinski definition) is 3. The van der Waals surface area contributed by atoms with Crippen molar-refractivity contribution >= 4 is 23.5 Å². The third-order valence-electron chi connectivity index (χ3n) is 2.97. The number of amides is 2. The minimum absolute atomic E-state index is 0.121. The SMILES string of the molecule is CC(=O)Nc1ccc(CC(=O)NCc2ccc(C(=O)O)o2)cc1. The van der Waals surface area contributed by atoms with Crippen molar-refractivity contribution in [1.29, 1.82) is 0 Å². The van der Waals surface area contributed by atoms with Crippen LogP contribution in [0, 0.1) is 0 Å². The van der Waals surface area contributed by atoms with Crippen LogP contribution in [0.3, 0.4) is 0 Å². The molecule has 0 unspecified atom stereocenters. The second-order valence-corrected chi connectivity index (χ2v) is 4.90. The fraction of sp³-hybridized carbons (Fsp3) is 0.188. The van der Waals surface area contributed by atoms with E-state index in [0.717, 1.165) is 5.56 Å². The maximum atomic E-state index is 11.9. The Morgan fingerprint density at radius 2 is 1.78 bits per heavy atom. The Morgan fingerprint density at radius 3 is 2.35 bits per heavy atom. The summed E-state index contributed by atoms with van der Waals surface area (Å²) in [6, 6.07) is 9.78. The summed E-state index contributed by atoms with van der Waals surface area (Å²) >= 11 is 0. The molecule has 7 heteroatoms. The molecule has 7 nitrogen and oxygen atoms in total. The van der Waals surface area contributed by atoms with Gasteiger partial charge in [0.25, 0.3) is 0 Å². The molecule has 0 aliphatic rings. The third kappa shape index (κ3) is 4.99. The summed E-state index contributed by atoms with van der Waals surface area (Å²) in [5, 5.41) is 14.0. The first-order chi connectivity index (χ1) is 10.9. The van der Waals surface area contributed by atoms with Crippen molar-refractivity contribution in [3.63, 3.8) is 0 Å². The highest BCUT2D eigenvalue weighted by molar-refractivity contribution is 5.88. The lowest BCUT2D eigenvalue weighted by atomic mass is 10.1. The van der Waals surface area contributed by atoms with E-state index in [1.165, 1.54) is 19.1 Å². The third-order valence-corrected chi connectivity index (χ3v) is 2.97. The van der Waals surface area contributed by atoms with Crippen LogP contribution in [0.2, 0.25) is 0 Å². The van der Waals surface area contributed by atoms with Crippen LogP contribution in [0.5, 0.6) is 0 Å². The van der Waals surface area contributed by atoms with Crippen LogP contribution >= 0.6 is 0 Å². The Balaban J connectivity index is 1.84. The molecule has 0 radical (unpaired) electrons. The van der Waals surface area contributed by atoms with Gasteiger partial charge in [0.1, 0.15) is 5.76 Å². The monoisotopic (exact) mass is 316 g/mol. The van der Waals surface area contributed by atoms with E-state index in [2.05, 4.69) is 10.6 Å². The van der Waals surface area contributed by atoms with Crippen LogP contribution in [-0.2, 0) is 22.6 Å². The van der Waals surface area contributed by atoms with E-state index in [0.29, 0.717) is 11.4 Å². The molecule has 120 valence electrons. The van der Waals surface area contributed by atoms with Crippen molar-refractivity contribution in [3.05, 3.63) is 53.5 Å². The van der Waals surface area contributed by atoms with Crippen LogP contribution in [-0.4, -0.2) is 22.9 Å². The van der Waals surface area contributed by atoms with E-state index in [4.69, 9.17) is 9.52 Å². The van der Waals surface area contributed by atoms with Gasteiger partial charge in [-0.3, -0.25) is 9.59 Å². The molecular weight excluding hydrogens is 300 g/mol. The van der Waals surface area contributed by atoms with Crippen LogP contribution in [0.15, 0.2) is 40.8 Å². The summed E-state index contributed by atoms with van der Waals surface area (Å²) in [6.07, 6.45) is 0.173. The highest BCUT2D eigenvalue weighted by Gasteiger charge is 2.10. The van der Waals surface area contributed by atoms with Crippen molar-refractivity contribution in [2.24, 2.45) is 0 Å². The Labute approximate surface area is 132 Å². The molecule has 2 amide bonds. The van der Waals surface area contributed by atoms with Gasteiger partial charge < -0.3 is 20.2 Å². The van der Waals surface area contributed by atoms with Gasteiger partial charge in [0.05, 0.1) is 13.0 Å². The molecular formula is C16H16N2O5. The first-order valence-corrected chi connectivity index (χ1v) is 6.89. The van der Waals surface area contributed by atoms with Gasteiger partial charge in [-0.2, -0.15) is 0 Å². The molecule has 2 aromatic rings. The second-order valence-electron chi connectivity index (χ2n) is 4.90. The molecule has 0 atom stereocenters. The van der Waals surface area contributed by atoms with Crippen LogP contribution in [0.25, 0.3) is 0 Å². The summed E-state index contributed by atoms with van der Waals surface area (Å²) in [6.45, 7) is 1.54. The van der Waals surface area contributed by atoms with E-state index in [1.54, 1.807) is 24.3 Å². The molecule has 0 saturated heterocycles. The lowest BCUT2D eigenvalue weighted by molar-refractivity contribution is -0.120. The fourth-order valence-corrected chi connectivity index (χ4v) is 1.93. The molecule has 0 aliphatic heterocycles. The number of carbonyl (C=O) groups is 3. The smallest absolute Gasteiger partial charge is 0.371 e. The van der Waals surface area contributed by atoms with Crippen LogP contribution in [0.1, 0.15) is 28.8 Å². The van der Waals surface area contributed by atoms with Gasteiger partial charge in [-0.05, 0) is 29.8 Å². The Bertz CT molecular complexity index is 718. The normalized spacial score (nSPS) is 10.1. The number of nitrogens with one attached hydrogen (secondary N) is 2. The number of rotatable bonds is 6. The predicted octanol–water partition coefficient (Wildman–Crippen LogP) is 1.80. The lowest BCUT2D eigenvalue weighted by Gasteiger charge is -2.05.